The molecule has 9 nitrogen and oxygen atoms in total. The third-order valence-corrected chi connectivity index (χ3v) is 4.83. The third kappa shape index (κ3) is 4.29. The number of rotatable bonds is 7. The lowest BCUT2D eigenvalue weighted by Crippen LogP contribution is -2.42. The van der Waals surface area contributed by atoms with Crippen LogP contribution in [0.5, 0.6) is 5.88 Å². The van der Waals surface area contributed by atoms with Crippen molar-refractivity contribution < 1.29 is 14.3 Å². The molecule has 1 aliphatic heterocycles. The Morgan fingerprint density at radius 3 is 2.77 bits per heavy atom. The summed E-state index contributed by atoms with van der Waals surface area (Å²) in [6.07, 6.45) is 3.16. The number of fused-ring (bicyclic) bond motifs is 1. The molecule has 0 aliphatic carbocycles. The fourth-order valence-electron chi connectivity index (χ4n) is 3.26. The molecule has 1 amide bonds. The fraction of sp³-hybridized carbons (Fsp3) is 0.286. The van der Waals surface area contributed by atoms with Crippen molar-refractivity contribution in [1.29, 1.82) is 0 Å². The molecular weight excluding hydrogens is 384 g/mol. The first kappa shape index (κ1) is 19.6. The molecular formula is C21H22N6O3. The average molecular weight is 406 g/mol. The van der Waals surface area contributed by atoms with Crippen LogP contribution < -0.4 is 15.4 Å². The molecule has 0 fully saturated rings. The lowest BCUT2D eigenvalue weighted by molar-refractivity contribution is -0.123. The van der Waals surface area contributed by atoms with Gasteiger partial charge in [-0.25, -0.2) is 14.6 Å². The maximum absolute atomic E-state index is 12.8. The lowest BCUT2D eigenvalue weighted by atomic mass is 9.95. The molecule has 0 bridgehead atoms. The highest BCUT2D eigenvalue weighted by Gasteiger charge is 2.34. The number of ether oxygens (including phenoxy) is 1. The van der Waals surface area contributed by atoms with Crippen LogP contribution in [-0.2, 0) is 17.9 Å². The van der Waals surface area contributed by atoms with Gasteiger partial charge in [0.25, 0.3) is 0 Å². The van der Waals surface area contributed by atoms with Gasteiger partial charge in [0.15, 0.2) is 5.78 Å². The van der Waals surface area contributed by atoms with Crippen LogP contribution in [0.15, 0.2) is 49.1 Å². The van der Waals surface area contributed by atoms with Gasteiger partial charge in [-0.2, -0.15) is 5.10 Å². The van der Waals surface area contributed by atoms with Gasteiger partial charge in [0.1, 0.15) is 24.3 Å². The van der Waals surface area contributed by atoms with E-state index in [0.29, 0.717) is 31.3 Å². The highest BCUT2D eigenvalue weighted by atomic mass is 16.5. The van der Waals surface area contributed by atoms with Gasteiger partial charge >= 0.3 is 0 Å². The Morgan fingerprint density at radius 2 is 2.03 bits per heavy atom. The number of Topliss-reactive ketones (excluding diaryl/α,β-unsaturated/α-hetero) is 1. The number of carbonyl (C=O) groups is 2. The number of pyridine rings is 1. The monoisotopic (exact) mass is 406 g/mol. The van der Waals surface area contributed by atoms with Crippen LogP contribution in [0.1, 0.15) is 28.5 Å². The number of anilines is 1. The normalized spacial score (nSPS) is 15.2. The van der Waals surface area contributed by atoms with E-state index in [0.717, 1.165) is 11.1 Å². The summed E-state index contributed by atoms with van der Waals surface area (Å²) >= 11 is 0. The van der Waals surface area contributed by atoms with Crippen molar-refractivity contribution in [2.24, 2.45) is 5.92 Å². The standard InChI is InChI=1S/C21H22N6O3/c1-2-30-18-8-7-17-19(26-18)20(28)16(10-23-17)21(29)24-9-14-3-5-15(6-4-14)11-27-13-22-12-25-27/h3-8,12-13,16,23H,2,9-11H2,1H3,(H,24,29). The van der Waals surface area contributed by atoms with E-state index in [-0.39, 0.29) is 23.9 Å². The van der Waals surface area contributed by atoms with Gasteiger partial charge in [-0.15, -0.1) is 0 Å². The first-order chi connectivity index (χ1) is 14.6. The van der Waals surface area contributed by atoms with Crippen molar-refractivity contribution in [3.63, 3.8) is 0 Å². The van der Waals surface area contributed by atoms with E-state index in [1.54, 1.807) is 23.1 Å². The van der Waals surface area contributed by atoms with E-state index >= 15 is 0 Å². The highest BCUT2D eigenvalue weighted by molar-refractivity contribution is 6.13. The Hall–Kier alpha value is -3.75. The van der Waals surface area contributed by atoms with E-state index in [4.69, 9.17) is 4.74 Å². The van der Waals surface area contributed by atoms with Crippen molar-refractivity contribution in [2.45, 2.75) is 20.0 Å². The molecule has 2 N–H and O–H groups in total. The van der Waals surface area contributed by atoms with Crippen LogP contribution in [-0.4, -0.2) is 44.6 Å². The van der Waals surface area contributed by atoms with Crippen molar-refractivity contribution in [3.05, 3.63) is 65.9 Å². The van der Waals surface area contributed by atoms with E-state index in [1.165, 1.54) is 6.33 Å². The quantitative estimate of drug-likeness (QED) is 0.574. The Morgan fingerprint density at radius 1 is 1.23 bits per heavy atom. The number of ketones is 1. The molecule has 1 unspecified atom stereocenters. The van der Waals surface area contributed by atoms with Crippen LogP contribution in [0.3, 0.4) is 0 Å². The molecule has 1 aliphatic rings. The van der Waals surface area contributed by atoms with Gasteiger partial charge in [-0.1, -0.05) is 24.3 Å². The maximum atomic E-state index is 12.8. The second-order valence-electron chi connectivity index (χ2n) is 6.90. The molecule has 3 heterocycles. The number of nitrogens with one attached hydrogen (secondary N) is 2. The van der Waals surface area contributed by atoms with Crippen molar-refractivity contribution in [1.82, 2.24) is 25.1 Å². The van der Waals surface area contributed by atoms with Gasteiger partial charge in [-0.05, 0) is 24.1 Å². The summed E-state index contributed by atoms with van der Waals surface area (Å²) in [5.41, 5.74) is 2.88. The Kier molecular flexibility index (Phi) is 5.69. The number of hydrogen-bond donors (Lipinski definition) is 2. The number of nitrogens with zero attached hydrogens (tertiary/aromatic N) is 4. The minimum absolute atomic E-state index is 0.240. The SMILES string of the molecule is CCOc1ccc2c(n1)C(=O)C(C(=O)NCc1ccc(Cn3cncn3)cc1)CN2. The Bertz CT molecular complexity index is 1030. The predicted octanol–water partition coefficient (Wildman–Crippen LogP) is 1.66. The zero-order valence-electron chi connectivity index (χ0n) is 16.5. The lowest BCUT2D eigenvalue weighted by Gasteiger charge is -2.23. The second kappa shape index (κ2) is 8.73. The summed E-state index contributed by atoms with van der Waals surface area (Å²) in [7, 11) is 0. The minimum atomic E-state index is -0.825. The zero-order valence-corrected chi connectivity index (χ0v) is 16.5. The number of aromatic nitrogens is 4. The van der Waals surface area contributed by atoms with Crippen molar-refractivity contribution in [2.75, 3.05) is 18.5 Å². The van der Waals surface area contributed by atoms with Gasteiger partial charge < -0.3 is 15.4 Å². The molecule has 154 valence electrons. The molecule has 1 atom stereocenters. The third-order valence-electron chi connectivity index (χ3n) is 4.83. The summed E-state index contributed by atoms with van der Waals surface area (Å²) in [5, 5.41) is 10.0. The van der Waals surface area contributed by atoms with Crippen molar-refractivity contribution >= 4 is 17.4 Å². The molecule has 0 radical (unpaired) electrons. The highest BCUT2D eigenvalue weighted by Crippen LogP contribution is 2.25. The van der Waals surface area contributed by atoms with E-state index in [2.05, 4.69) is 25.7 Å². The molecule has 0 spiro atoms. The minimum Gasteiger partial charge on any atom is -0.478 e. The van der Waals surface area contributed by atoms with Crippen LogP contribution >= 0.6 is 0 Å². The first-order valence-electron chi connectivity index (χ1n) is 9.74. The summed E-state index contributed by atoms with van der Waals surface area (Å²) in [6, 6.07) is 11.3. The summed E-state index contributed by atoms with van der Waals surface area (Å²) < 4.78 is 7.10. The Balaban J connectivity index is 1.36. The van der Waals surface area contributed by atoms with Gasteiger partial charge in [-0.3, -0.25) is 9.59 Å². The largest absolute Gasteiger partial charge is 0.478 e. The average Bonchev–Trinajstić information content (AvgIpc) is 3.27. The summed E-state index contributed by atoms with van der Waals surface area (Å²) in [6.45, 7) is 3.51. The van der Waals surface area contributed by atoms with E-state index in [9.17, 15) is 9.59 Å². The second-order valence-corrected chi connectivity index (χ2v) is 6.90. The number of amides is 1. The molecule has 9 heteroatoms. The topological polar surface area (TPSA) is 111 Å². The molecule has 30 heavy (non-hydrogen) atoms. The number of carbonyl (C=O) groups excluding carboxylic acids is 2. The maximum Gasteiger partial charge on any atom is 0.233 e. The first-order valence-corrected chi connectivity index (χ1v) is 9.74. The molecule has 2 aromatic heterocycles. The number of benzene rings is 1. The van der Waals surface area contributed by atoms with Crippen LogP contribution in [0.4, 0.5) is 5.69 Å². The smallest absolute Gasteiger partial charge is 0.233 e. The molecule has 0 saturated carbocycles. The van der Waals surface area contributed by atoms with Gasteiger partial charge in [0.2, 0.25) is 11.8 Å². The van der Waals surface area contributed by atoms with Gasteiger partial charge in [0.05, 0.1) is 18.8 Å². The molecule has 0 saturated heterocycles. The van der Waals surface area contributed by atoms with Crippen LogP contribution in [0.25, 0.3) is 0 Å². The van der Waals surface area contributed by atoms with Crippen LogP contribution in [0, 0.1) is 5.92 Å². The van der Waals surface area contributed by atoms with E-state index < -0.39 is 5.92 Å². The summed E-state index contributed by atoms with van der Waals surface area (Å²) in [4.78, 5) is 33.6. The summed E-state index contributed by atoms with van der Waals surface area (Å²) in [5.74, 6) is -1.08. The molecule has 1 aromatic carbocycles. The van der Waals surface area contributed by atoms with E-state index in [1.807, 2.05) is 31.2 Å². The number of hydrogen-bond acceptors (Lipinski definition) is 7. The molecule has 3 aromatic rings. The van der Waals surface area contributed by atoms with Crippen LogP contribution in [0.2, 0.25) is 0 Å². The zero-order chi connectivity index (χ0) is 20.9. The van der Waals surface area contributed by atoms with Gasteiger partial charge in [0, 0.05) is 19.2 Å². The fourth-order valence-corrected chi connectivity index (χ4v) is 3.26. The van der Waals surface area contributed by atoms with Crippen molar-refractivity contribution in [3.8, 4) is 5.88 Å². The molecule has 4 rings (SSSR count). The Labute approximate surface area is 173 Å². The predicted molar refractivity (Wildman–Crippen MR) is 109 cm³/mol.